The number of nitrogens with two attached hydrogens (primary N) is 1. The molecule has 2 N–H and O–H groups in total. The number of ether oxygens (including phenoxy) is 2. The van der Waals surface area contributed by atoms with Gasteiger partial charge < -0.3 is 15.2 Å². The Balaban J connectivity index is 3.26. The summed E-state index contributed by atoms with van der Waals surface area (Å²) in [7, 11) is 3.10. The highest BCUT2D eigenvalue weighted by Gasteiger charge is 2.18. The van der Waals surface area contributed by atoms with E-state index in [-0.39, 0.29) is 11.8 Å². The minimum absolute atomic E-state index is 0.380. The maximum Gasteiger partial charge on any atom is 0.224 e. The summed E-state index contributed by atoms with van der Waals surface area (Å²) >= 11 is 3.38. The van der Waals surface area contributed by atoms with Gasteiger partial charge in [-0.25, -0.2) is 0 Å². The van der Waals surface area contributed by atoms with Gasteiger partial charge >= 0.3 is 0 Å². The SMILES string of the molecule is COc1cc(Br)c(C(C)C(N)=O)cc1OC. The average Bonchev–Trinajstić information content (AvgIpc) is 2.27. The zero-order valence-corrected chi connectivity index (χ0v) is 11.0. The Morgan fingerprint density at radius 3 is 2.25 bits per heavy atom. The van der Waals surface area contributed by atoms with Gasteiger partial charge in [0, 0.05) is 4.47 Å². The molecule has 0 bridgehead atoms. The summed E-state index contributed by atoms with van der Waals surface area (Å²) in [5.41, 5.74) is 6.05. The summed E-state index contributed by atoms with van der Waals surface area (Å²) in [5.74, 6) is 0.422. The van der Waals surface area contributed by atoms with Gasteiger partial charge in [-0.1, -0.05) is 15.9 Å². The fourth-order valence-electron chi connectivity index (χ4n) is 1.35. The highest BCUT2D eigenvalue weighted by atomic mass is 79.9. The topological polar surface area (TPSA) is 61.5 Å². The molecule has 1 unspecified atom stereocenters. The molecule has 5 heteroatoms. The first-order valence-electron chi connectivity index (χ1n) is 4.72. The lowest BCUT2D eigenvalue weighted by molar-refractivity contribution is -0.119. The van der Waals surface area contributed by atoms with Crippen LogP contribution in [0.5, 0.6) is 11.5 Å². The number of rotatable bonds is 4. The minimum Gasteiger partial charge on any atom is -0.493 e. The van der Waals surface area contributed by atoms with Crippen molar-refractivity contribution in [3.63, 3.8) is 0 Å². The molecule has 88 valence electrons. The van der Waals surface area contributed by atoms with E-state index in [9.17, 15) is 4.79 Å². The lowest BCUT2D eigenvalue weighted by Gasteiger charge is -2.14. The number of carbonyl (C=O) groups is 1. The summed E-state index contributed by atoms with van der Waals surface area (Å²) in [5, 5.41) is 0. The fraction of sp³-hybridized carbons (Fsp3) is 0.364. The number of hydrogen-bond donors (Lipinski definition) is 1. The van der Waals surface area contributed by atoms with Gasteiger partial charge in [0.1, 0.15) is 0 Å². The van der Waals surface area contributed by atoms with E-state index < -0.39 is 0 Å². The predicted molar refractivity (Wildman–Crippen MR) is 64.9 cm³/mol. The third-order valence-electron chi connectivity index (χ3n) is 2.40. The van der Waals surface area contributed by atoms with Crippen LogP contribution in [0.3, 0.4) is 0 Å². The van der Waals surface area contributed by atoms with Crippen molar-refractivity contribution in [3.8, 4) is 11.5 Å². The van der Waals surface area contributed by atoms with Gasteiger partial charge in [0.2, 0.25) is 5.91 Å². The van der Waals surface area contributed by atoms with Gasteiger partial charge in [-0.2, -0.15) is 0 Å². The second-order valence-electron chi connectivity index (χ2n) is 3.35. The van der Waals surface area contributed by atoms with Gasteiger partial charge in [0.15, 0.2) is 11.5 Å². The lowest BCUT2D eigenvalue weighted by atomic mass is 10.0. The number of methoxy groups -OCH3 is 2. The van der Waals surface area contributed by atoms with Crippen LogP contribution < -0.4 is 15.2 Å². The Hall–Kier alpha value is -1.23. The first-order chi connectivity index (χ1) is 7.51. The molecule has 0 aliphatic heterocycles. The van der Waals surface area contributed by atoms with Gasteiger partial charge in [0.25, 0.3) is 0 Å². The Bertz CT molecular complexity index is 406. The van der Waals surface area contributed by atoms with E-state index in [1.807, 2.05) is 0 Å². The average molecular weight is 288 g/mol. The quantitative estimate of drug-likeness (QED) is 0.922. The van der Waals surface area contributed by atoms with Crippen LogP contribution in [-0.4, -0.2) is 20.1 Å². The number of halogens is 1. The predicted octanol–water partition coefficient (Wildman–Crippen LogP) is 2.06. The molecule has 1 atom stereocenters. The van der Waals surface area contributed by atoms with E-state index >= 15 is 0 Å². The van der Waals surface area contributed by atoms with Gasteiger partial charge in [-0.05, 0) is 24.6 Å². The van der Waals surface area contributed by atoms with Crippen molar-refractivity contribution in [2.75, 3.05) is 14.2 Å². The number of hydrogen-bond acceptors (Lipinski definition) is 3. The normalized spacial score (nSPS) is 12.0. The molecule has 0 saturated heterocycles. The lowest BCUT2D eigenvalue weighted by Crippen LogP contribution is -2.19. The zero-order valence-electron chi connectivity index (χ0n) is 9.41. The van der Waals surface area contributed by atoms with Gasteiger partial charge in [0.05, 0.1) is 20.1 Å². The molecule has 1 aromatic rings. The molecular weight excluding hydrogens is 274 g/mol. The minimum atomic E-state index is -0.382. The summed E-state index contributed by atoms with van der Waals surface area (Å²) in [4.78, 5) is 11.1. The summed E-state index contributed by atoms with van der Waals surface area (Å²) in [6, 6.07) is 3.51. The van der Waals surface area contributed by atoms with Crippen LogP contribution in [0.1, 0.15) is 18.4 Å². The van der Waals surface area contributed by atoms with Crippen molar-refractivity contribution >= 4 is 21.8 Å². The molecule has 1 aromatic carbocycles. The number of primary amides is 1. The Labute approximate surface area is 103 Å². The van der Waals surface area contributed by atoms with Crippen molar-refractivity contribution in [1.82, 2.24) is 0 Å². The standard InChI is InChI=1S/C11H14BrNO3/c1-6(11(13)14)7-4-9(15-2)10(16-3)5-8(7)12/h4-6H,1-3H3,(H2,13,14). The van der Waals surface area contributed by atoms with Gasteiger partial charge in [-0.15, -0.1) is 0 Å². The molecule has 1 amide bonds. The number of benzene rings is 1. The fourth-order valence-corrected chi connectivity index (χ4v) is 2.02. The monoisotopic (exact) mass is 287 g/mol. The molecule has 4 nitrogen and oxygen atoms in total. The third-order valence-corrected chi connectivity index (χ3v) is 3.08. The summed E-state index contributed by atoms with van der Waals surface area (Å²) in [6.07, 6.45) is 0. The molecule has 0 aliphatic rings. The van der Waals surface area contributed by atoms with E-state index in [2.05, 4.69) is 15.9 Å². The van der Waals surface area contributed by atoms with E-state index in [4.69, 9.17) is 15.2 Å². The summed E-state index contributed by atoms with van der Waals surface area (Å²) < 4.78 is 11.1. The molecule has 1 rings (SSSR count). The van der Waals surface area contributed by atoms with E-state index in [1.165, 1.54) is 0 Å². The van der Waals surface area contributed by atoms with Crippen molar-refractivity contribution in [2.24, 2.45) is 5.73 Å². The highest BCUT2D eigenvalue weighted by molar-refractivity contribution is 9.10. The maximum atomic E-state index is 11.1. The Morgan fingerprint density at radius 2 is 1.81 bits per heavy atom. The van der Waals surface area contributed by atoms with Crippen molar-refractivity contribution < 1.29 is 14.3 Å². The Morgan fingerprint density at radius 1 is 1.31 bits per heavy atom. The van der Waals surface area contributed by atoms with E-state index in [1.54, 1.807) is 33.3 Å². The number of carbonyl (C=O) groups excluding carboxylic acids is 1. The highest BCUT2D eigenvalue weighted by Crippen LogP contribution is 2.36. The maximum absolute atomic E-state index is 11.1. The van der Waals surface area contributed by atoms with Crippen molar-refractivity contribution in [2.45, 2.75) is 12.8 Å². The third kappa shape index (κ3) is 2.47. The molecule has 0 aromatic heterocycles. The second-order valence-corrected chi connectivity index (χ2v) is 4.21. The first-order valence-corrected chi connectivity index (χ1v) is 5.51. The molecule has 0 saturated carbocycles. The van der Waals surface area contributed by atoms with Crippen LogP contribution in [-0.2, 0) is 4.79 Å². The van der Waals surface area contributed by atoms with Crippen LogP contribution in [0.25, 0.3) is 0 Å². The van der Waals surface area contributed by atoms with Gasteiger partial charge in [-0.3, -0.25) is 4.79 Å². The summed E-state index contributed by atoms with van der Waals surface area (Å²) in [6.45, 7) is 1.74. The molecule has 0 radical (unpaired) electrons. The molecule has 0 fully saturated rings. The van der Waals surface area contributed by atoms with Crippen LogP contribution in [0, 0.1) is 0 Å². The van der Waals surface area contributed by atoms with E-state index in [0.29, 0.717) is 11.5 Å². The van der Waals surface area contributed by atoms with Crippen molar-refractivity contribution in [1.29, 1.82) is 0 Å². The molecule has 16 heavy (non-hydrogen) atoms. The number of amides is 1. The Kier molecular flexibility index (Phi) is 4.18. The smallest absolute Gasteiger partial charge is 0.224 e. The molecule has 0 spiro atoms. The zero-order chi connectivity index (χ0) is 12.3. The van der Waals surface area contributed by atoms with Crippen LogP contribution >= 0.6 is 15.9 Å². The van der Waals surface area contributed by atoms with Crippen LogP contribution in [0.15, 0.2) is 16.6 Å². The van der Waals surface area contributed by atoms with E-state index in [0.717, 1.165) is 10.0 Å². The molecule has 0 aliphatic carbocycles. The van der Waals surface area contributed by atoms with Crippen LogP contribution in [0.2, 0.25) is 0 Å². The van der Waals surface area contributed by atoms with Crippen molar-refractivity contribution in [3.05, 3.63) is 22.2 Å². The second kappa shape index (κ2) is 5.21. The van der Waals surface area contributed by atoms with Crippen LogP contribution in [0.4, 0.5) is 0 Å². The molecular formula is C11H14BrNO3. The first kappa shape index (κ1) is 12.8. The molecule has 0 heterocycles. The largest absolute Gasteiger partial charge is 0.493 e.